The van der Waals surface area contributed by atoms with Gasteiger partial charge >= 0.3 is 0 Å². The molecule has 3 N–H and O–H groups in total. The Balaban J connectivity index is 1.25. The monoisotopic (exact) mass is 474 g/mol. The SMILES string of the molecule is CC1(C)CN(c2ccc(Nc3ncc4c(n3)N3C(C=C4)C(=O)NCC34CCCCC4)nc2)CCN1. The van der Waals surface area contributed by atoms with Crippen LogP contribution in [0.15, 0.2) is 30.6 Å². The number of aromatic nitrogens is 3. The summed E-state index contributed by atoms with van der Waals surface area (Å²) in [6.45, 7) is 7.98. The van der Waals surface area contributed by atoms with Gasteiger partial charge in [0.1, 0.15) is 17.7 Å². The highest BCUT2D eigenvalue weighted by Gasteiger charge is 2.49. The number of carbonyl (C=O) groups is 1. The van der Waals surface area contributed by atoms with Crippen molar-refractivity contribution in [2.45, 2.75) is 63.1 Å². The van der Waals surface area contributed by atoms with E-state index in [9.17, 15) is 4.79 Å². The maximum Gasteiger partial charge on any atom is 0.246 e. The zero-order valence-electron chi connectivity index (χ0n) is 20.5. The van der Waals surface area contributed by atoms with Gasteiger partial charge in [-0.05, 0) is 38.8 Å². The molecule has 2 aromatic heterocycles. The second kappa shape index (κ2) is 8.48. The summed E-state index contributed by atoms with van der Waals surface area (Å²) >= 11 is 0. The van der Waals surface area contributed by atoms with Gasteiger partial charge in [-0.2, -0.15) is 4.98 Å². The van der Waals surface area contributed by atoms with E-state index in [1.165, 1.54) is 19.3 Å². The maximum atomic E-state index is 12.8. The first kappa shape index (κ1) is 22.3. The van der Waals surface area contributed by atoms with Crippen LogP contribution >= 0.6 is 0 Å². The molecule has 4 aliphatic rings. The third-order valence-corrected chi connectivity index (χ3v) is 7.84. The van der Waals surface area contributed by atoms with Crippen LogP contribution in [0.25, 0.3) is 6.08 Å². The van der Waals surface area contributed by atoms with Gasteiger partial charge in [0.15, 0.2) is 0 Å². The van der Waals surface area contributed by atoms with Gasteiger partial charge in [0.25, 0.3) is 0 Å². The van der Waals surface area contributed by atoms with E-state index in [2.05, 4.69) is 55.6 Å². The highest BCUT2D eigenvalue weighted by atomic mass is 16.2. The molecule has 0 aromatic carbocycles. The molecule has 9 nitrogen and oxygen atoms in total. The predicted octanol–water partition coefficient (Wildman–Crippen LogP) is 2.84. The van der Waals surface area contributed by atoms with Crippen molar-refractivity contribution < 1.29 is 4.79 Å². The Hall–Kier alpha value is -3.20. The number of fused-ring (bicyclic) bond motifs is 4. The second-order valence-electron chi connectivity index (χ2n) is 10.9. The number of hydrogen-bond donors (Lipinski definition) is 3. The Morgan fingerprint density at radius 3 is 2.74 bits per heavy atom. The number of nitrogens with one attached hydrogen (secondary N) is 3. The average Bonchev–Trinajstić information content (AvgIpc) is 2.86. The van der Waals surface area contributed by atoms with Crippen LogP contribution in [0.5, 0.6) is 0 Å². The maximum absolute atomic E-state index is 12.8. The summed E-state index contributed by atoms with van der Waals surface area (Å²) in [6.07, 6.45) is 13.4. The van der Waals surface area contributed by atoms with Crippen LogP contribution in [-0.4, -0.2) is 64.2 Å². The molecule has 6 rings (SSSR count). The molecular formula is C26H34N8O. The van der Waals surface area contributed by atoms with Crippen LogP contribution in [-0.2, 0) is 4.79 Å². The molecule has 1 spiro atoms. The van der Waals surface area contributed by atoms with E-state index in [4.69, 9.17) is 4.98 Å². The number of rotatable bonds is 3. The molecule has 184 valence electrons. The van der Waals surface area contributed by atoms with E-state index in [1.54, 1.807) is 0 Å². The third-order valence-electron chi connectivity index (χ3n) is 7.84. The van der Waals surface area contributed by atoms with Gasteiger partial charge < -0.3 is 25.8 Å². The predicted molar refractivity (Wildman–Crippen MR) is 138 cm³/mol. The second-order valence-corrected chi connectivity index (χ2v) is 10.9. The average molecular weight is 475 g/mol. The summed E-state index contributed by atoms with van der Waals surface area (Å²) in [4.78, 5) is 31.5. The molecule has 2 aromatic rings. The van der Waals surface area contributed by atoms with Crippen LogP contribution in [0, 0.1) is 0 Å². The zero-order chi connectivity index (χ0) is 24.0. The minimum Gasteiger partial charge on any atom is -0.367 e. The first-order valence-electron chi connectivity index (χ1n) is 12.8. The number of anilines is 4. The van der Waals surface area contributed by atoms with E-state index in [0.717, 1.165) is 49.5 Å². The van der Waals surface area contributed by atoms with Gasteiger partial charge in [0, 0.05) is 43.5 Å². The van der Waals surface area contributed by atoms with Crippen molar-refractivity contribution in [1.82, 2.24) is 25.6 Å². The topological polar surface area (TPSA) is 98.3 Å². The van der Waals surface area contributed by atoms with Crippen molar-refractivity contribution in [3.05, 3.63) is 36.2 Å². The summed E-state index contributed by atoms with van der Waals surface area (Å²) in [6, 6.07) is 3.75. The van der Waals surface area contributed by atoms with E-state index >= 15 is 0 Å². The van der Waals surface area contributed by atoms with E-state index < -0.39 is 0 Å². The lowest BCUT2D eigenvalue weighted by atomic mass is 9.77. The van der Waals surface area contributed by atoms with Crippen molar-refractivity contribution in [2.75, 3.05) is 41.3 Å². The molecule has 2 saturated heterocycles. The highest BCUT2D eigenvalue weighted by Crippen LogP contribution is 2.42. The van der Waals surface area contributed by atoms with Gasteiger partial charge in [-0.15, -0.1) is 0 Å². The van der Waals surface area contributed by atoms with E-state index in [-0.39, 0.29) is 23.0 Å². The third kappa shape index (κ3) is 4.11. The number of nitrogens with zero attached hydrogens (tertiary/aromatic N) is 5. The fourth-order valence-corrected chi connectivity index (χ4v) is 6.08. The number of carbonyl (C=O) groups excluding carboxylic acids is 1. The molecule has 3 aliphatic heterocycles. The Labute approximate surface area is 206 Å². The molecule has 5 heterocycles. The summed E-state index contributed by atoms with van der Waals surface area (Å²) in [5.74, 6) is 2.09. The number of hydrogen-bond acceptors (Lipinski definition) is 8. The summed E-state index contributed by atoms with van der Waals surface area (Å²) in [5.41, 5.74) is 2.07. The van der Waals surface area contributed by atoms with Crippen LogP contribution in [0.3, 0.4) is 0 Å². The molecule has 0 radical (unpaired) electrons. The normalized spacial score (nSPS) is 24.5. The molecule has 0 bridgehead atoms. The fraction of sp³-hybridized carbons (Fsp3) is 0.538. The molecule has 35 heavy (non-hydrogen) atoms. The summed E-state index contributed by atoms with van der Waals surface area (Å²) < 4.78 is 0. The van der Waals surface area contributed by atoms with Crippen LogP contribution < -0.4 is 25.8 Å². The van der Waals surface area contributed by atoms with Gasteiger partial charge in [-0.25, -0.2) is 9.97 Å². The Morgan fingerprint density at radius 1 is 1.11 bits per heavy atom. The van der Waals surface area contributed by atoms with Gasteiger partial charge in [-0.3, -0.25) is 4.79 Å². The quantitative estimate of drug-likeness (QED) is 0.625. The number of piperazine rings is 2. The van der Waals surface area contributed by atoms with Crippen molar-refractivity contribution in [1.29, 1.82) is 0 Å². The number of pyridine rings is 1. The smallest absolute Gasteiger partial charge is 0.246 e. The summed E-state index contributed by atoms with van der Waals surface area (Å²) in [7, 11) is 0. The van der Waals surface area contributed by atoms with Crippen molar-refractivity contribution in [3.8, 4) is 0 Å². The standard InChI is InChI=1S/C26H34N8O/c1-25(2)17-33(13-12-30-25)19-7-9-21(27-15-19)31-24-28-14-18-6-8-20-23(35)29-16-26(10-4-3-5-11-26)34(20)22(18)32-24/h6-9,14-15,20,30H,3-5,10-13,16-17H2,1-2H3,(H,29,35)(H,27,28,31,32). The molecule has 9 heteroatoms. The van der Waals surface area contributed by atoms with Crippen LogP contribution in [0.2, 0.25) is 0 Å². The highest BCUT2D eigenvalue weighted by molar-refractivity contribution is 5.93. The van der Waals surface area contributed by atoms with Crippen LogP contribution in [0.4, 0.5) is 23.3 Å². The van der Waals surface area contributed by atoms with Crippen molar-refractivity contribution in [3.63, 3.8) is 0 Å². The van der Waals surface area contributed by atoms with Gasteiger partial charge in [0.05, 0.1) is 17.4 Å². The first-order valence-corrected chi connectivity index (χ1v) is 12.8. The lowest BCUT2D eigenvalue weighted by Crippen LogP contribution is -2.69. The molecule has 1 amide bonds. The molecule has 1 aliphatic carbocycles. The molecular weight excluding hydrogens is 440 g/mol. The first-order chi connectivity index (χ1) is 16.9. The minimum absolute atomic E-state index is 0.0459. The summed E-state index contributed by atoms with van der Waals surface area (Å²) in [5, 5.41) is 9.98. The van der Waals surface area contributed by atoms with Crippen molar-refractivity contribution in [2.24, 2.45) is 0 Å². The molecule has 1 unspecified atom stereocenters. The van der Waals surface area contributed by atoms with Gasteiger partial charge in [0.2, 0.25) is 11.9 Å². The largest absolute Gasteiger partial charge is 0.367 e. The van der Waals surface area contributed by atoms with Gasteiger partial charge in [-0.1, -0.05) is 31.4 Å². The fourth-order valence-electron chi connectivity index (χ4n) is 6.08. The van der Waals surface area contributed by atoms with E-state index in [1.807, 2.05) is 30.6 Å². The lowest BCUT2D eigenvalue weighted by Gasteiger charge is -2.54. The van der Waals surface area contributed by atoms with E-state index in [0.29, 0.717) is 18.3 Å². The molecule has 3 fully saturated rings. The van der Waals surface area contributed by atoms with Crippen LogP contribution in [0.1, 0.15) is 51.5 Å². The Bertz CT molecular complexity index is 1140. The number of amides is 1. The van der Waals surface area contributed by atoms with Crippen molar-refractivity contribution >= 4 is 35.3 Å². The molecule has 1 saturated carbocycles. The lowest BCUT2D eigenvalue weighted by molar-refractivity contribution is -0.123. The minimum atomic E-state index is -0.321. The Kier molecular flexibility index (Phi) is 5.40. The molecule has 1 atom stereocenters. The Morgan fingerprint density at radius 2 is 1.97 bits per heavy atom. The zero-order valence-corrected chi connectivity index (χ0v) is 20.5.